The first-order chi connectivity index (χ1) is 8.88. The summed E-state index contributed by atoms with van der Waals surface area (Å²) in [6.45, 7) is 4.41. The van der Waals surface area contributed by atoms with Crippen LogP contribution in [0.2, 0.25) is 0 Å². The molecule has 19 heavy (non-hydrogen) atoms. The first-order valence-electron chi connectivity index (χ1n) is 6.37. The first kappa shape index (κ1) is 14.9. The van der Waals surface area contributed by atoms with Gasteiger partial charge in [-0.1, -0.05) is 52.1 Å². The number of rotatable bonds is 3. The van der Waals surface area contributed by atoms with Gasteiger partial charge in [-0.05, 0) is 23.6 Å². The van der Waals surface area contributed by atoms with Gasteiger partial charge in [-0.15, -0.1) is 0 Å². The summed E-state index contributed by atoms with van der Waals surface area (Å²) in [5, 5.41) is 0. The third-order valence-electron chi connectivity index (χ3n) is 3.83. The Hall–Kier alpha value is -0.550. The highest BCUT2D eigenvalue weighted by molar-refractivity contribution is 9.11. The molecular formula is C14H18Br2N2O. The maximum absolute atomic E-state index is 12.0. The number of halogens is 2. The zero-order valence-electron chi connectivity index (χ0n) is 11.6. The van der Waals surface area contributed by atoms with Crippen molar-refractivity contribution in [1.29, 1.82) is 0 Å². The topological polar surface area (TPSA) is 26.9 Å². The van der Waals surface area contributed by atoms with Crippen LogP contribution in [0.5, 0.6) is 0 Å². The van der Waals surface area contributed by atoms with Crippen molar-refractivity contribution < 1.29 is 0 Å². The van der Waals surface area contributed by atoms with Gasteiger partial charge in [-0.2, -0.15) is 0 Å². The van der Waals surface area contributed by atoms with Gasteiger partial charge >= 0.3 is 5.69 Å². The molecule has 1 aromatic carbocycles. The van der Waals surface area contributed by atoms with Gasteiger partial charge in [0.25, 0.3) is 0 Å². The maximum atomic E-state index is 12.0. The van der Waals surface area contributed by atoms with Crippen molar-refractivity contribution >= 4 is 42.9 Å². The van der Waals surface area contributed by atoms with Crippen molar-refractivity contribution in [2.45, 2.75) is 25.1 Å². The molecule has 5 heteroatoms. The van der Waals surface area contributed by atoms with E-state index in [0.717, 1.165) is 21.9 Å². The van der Waals surface area contributed by atoms with Crippen LogP contribution in [0.1, 0.15) is 30.7 Å². The van der Waals surface area contributed by atoms with Gasteiger partial charge < -0.3 is 0 Å². The van der Waals surface area contributed by atoms with E-state index in [9.17, 15) is 4.79 Å². The number of benzene rings is 1. The largest absolute Gasteiger partial charge is 0.328 e. The van der Waals surface area contributed by atoms with E-state index in [0.29, 0.717) is 5.92 Å². The second kappa shape index (κ2) is 5.44. The van der Waals surface area contributed by atoms with E-state index in [4.69, 9.17) is 0 Å². The third-order valence-corrected chi connectivity index (χ3v) is 5.91. The molecule has 2 aromatic rings. The number of aromatic nitrogens is 2. The van der Waals surface area contributed by atoms with Crippen LogP contribution in [0.4, 0.5) is 0 Å². The lowest BCUT2D eigenvalue weighted by Gasteiger charge is -2.18. The van der Waals surface area contributed by atoms with Crippen molar-refractivity contribution in [3.05, 3.63) is 32.7 Å². The van der Waals surface area contributed by atoms with E-state index in [1.165, 1.54) is 5.56 Å². The van der Waals surface area contributed by atoms with Gasteiger partial charge in [0.15, 0.2) is 0 Å². The SMILES string of the molecule is CCC(C)C(Br)c1cc2c(cc1Br)n(C)c(=O)n2C. The molecule has 3 nitrogen and oxygen atoms in total. The average molecular weight is 390 g/mol. The van der Waals surface area contributed by atoms with Crippen LogP contribution >= 0.6 is 31.9 Å². The highest BCUT2D eigenvalue weighted by atomic mass is 79.9. The van der Waals surface area contributed by atoms with Gasteiger partial charge in [-0.25, -0.2) is 4.79 Å². The lowest BCUT2D eigenvalue weighted by Crippen LogP contribution is -2.19. The lowest BCUT2D eigenvalue weighted by atomic mass is 9.98. The van der Waals surface area contributed by atoms with E-state index < -0.39 is 0 Å². The molecule has 0 radical (unpaired) electrons. The van der Waals surface area contributed by atoms with E-state index in [-0.39, 0.29) is 10.5 Å². The summed E-state index contributed by atoms with van der Waals surface area (Å²) in [5.74, 6) is 0.537. The Kier molecular flexibility index (Phi) is 4.26. The van der Waals surface area contributed by atoms with Crippen LogP contribution in [-0.4, -0.2) is 9.13 Å². The quantitative estimate of drug-likeness (QED) is 0.725. The van der Waals surface area contributed by atoms with Crippen LogP contribution in [-0.2, 0) is 14.1 Å². The summed E-state index contributed by atoms with van der Waals surface area (Å²) >= 11 is 7.40. The molecule has 0 aliphatic carbocycles. The van der Waals surface area contributed by atoms with Gasteiger partial charge in [0, 0.05) is 23.4 Å². The second-order valence-corrected chi connectivity index (χ2v) is 6.89. The van der Waals surface area contributed by atoms with E-state index >= 15 is 0 Å². The molecule has 1 heterocycles. The summed E-state index contributed by atoms with van der Waals surface area (Å²) in [7, 11) is 3.62. The Morgan fingerprint density at radius 1 is 1.21 bits per heavy atom. The van der Waals surface area contributed by atoms with Gasteiger partial charge in [0.2, 0.25) is 0 Å². The average Bonchev–Trinajstić information content (AvgIpc) is 2.61. The molecule has 104 valence electrons. The molecule has 0 aliphatic heterocycles. The Morgan fingerprint density at radius 2 is 1.74 bits per heavy atom. The fraction of sp³-hybridized carbons (Fsp3) is 0.500. The van der Waals surface area contributed by atoms with Crippen LogP contribution in [0, 0.1) is 5.92 Å². The smallest absolute Gasteiger partial charge is 0.295 e. The minimum atomic E-state index is 0.00807. The van der Waals surface area contributed by atoms with Gasteiger partial charge in [0.1, 0.15) is 0 Å². The van der Waals surface area contributed by atoms with Crippen LogP contribution in [0.3, 0.4) is 0 Å². The van der Waals surface area contributed by atoms with Crippen LogP contribution in [0.15, 0.2) is 21.4 Å². The third kappa shape index (κ3) is 2.42. The molecule has 0 fully saturated rings. The molecule has 0 amide bonds. The minimum Gasteiger partial charge on any atom is -0.295 e. The molecule has 0 spiro atoms. The molecule has 0 aliphatic rings. The summed E-state index contributed by atoms with van der Waals surface area (Å²) in [4.78, 5) is 12.3. The number of hydrogen-bond acceptors (Lipinski definition) is 1. The van der Waals surface area contributed by atoms with Gasteiger partial charge in [-0.3, -0.25) is 9.13 Å². The summed E-state index contributed by atoms with van der Waals surface area (Å²) in [6.07, 6.45) is 1.11. The molecular weight excluding hydrogens is 372 g/mol. The van der Waals surface area contributed by atoms with E-state index in [2.05, 4.69) is 51.8 Å². The molecule has 2 unspecified atom stereocenters. The molecule has 1 aromatic heterocycles. The molecule has 2 rings (SSSR count). The highest BCUT2D eigenvalue weighted by Gasteiger charge is 2.19. The predicted molar refractivity (Wildman–Crippen MR) is 87.0 cm³/mol. The normalized spacial score (nSPS) is 14.8. The van der Waals surface area contributed by atoms with Crippen molar-refractivity contribution in [2.75, 3.05) is 0 Å². The maximum Gasteiger partial charge on any atom is 0.328 e. The zero-order valence-corrected chi connectivity index (χ0v) is 14.7. The molecule has 0 N–H and O–H groups in total. The van der Waals surface area contributed by atoms with Crippen molar-refractivity contribution in [3.8, 4) is 0 Å². The van der Waals surface area contributed by atoms with Gasteiger partial charge in [0.05, 0.1) is 11.0 Å². The van der Waals surface area contributed by atoms with E-state index in [1.54, 1.807) is 16.2 Å². The number of hydrogen-bond donors (Lipinski definition) is 0. The monoisotopic (exact) mass is 388 g/mol. The Balaban J connectivity index is 2.68. The summed E-state index contributed by atoms with van der Waals surface area (Å²) < 4.78 is 4.42. The molecule has 0 saturated carbocycles. The number of aryl methyl sites for hydroxylation is 2. The van der Waals surface area contributed by atoms with Crippen molar-refractivity contribution in [2.24, 2.45) is 20.0 Å². The van der Waals surface area contributed by atoms with E-state index in [1.807, 2.05) is 13.1 Å². The van der Waals surface area contributed by atoms with Crippen molar-refractivity contribution in [1.82, 2.24) is 9.13 Å². The molecule has 2 atom stereocenters. The summed E-state index contributed by atoms with van der Waals surface area (Å²) in [6, 6.07) is 4.13. The number of fused-ring (bicyclic) bond motifs is 1. The Labute approximate surface area is 129 Å². The first-order valence-corrected chi connectivity index (χ1v) is 8.08. The summed E-state index contributed by atoms with van der Waals surface area (Å²) in [5.41, 5.74) is 3.13. The second-order valence-electron chi connectivity index (χ2n) is 5.05. The fourth-order valence-corrected chi connectivity index (χ4v) is 3.90. The van der Waals surface area contributed by atoms with Crippen molar-refractivity contribution in [3.63, 3.8) is 0 Å². The number of alkyl halides is 1. The zero-order chi connectivity index (χ0) is 14.3. The minimum absolute atomic E-state index is 0.00807. The molecule has 0 saturated heterocycles. The standard InChI is InChI=1S/C14H18Br2N2O/c1-5-8(2)13(16)9-6-11-12(7-10(9)15)18(4)14(19)17(11)3/h6-8,13H,5H2,1-4H3. The Bertz CT molecular complexity index is 672. The number of imidazole rings is 1. The Morgan fingerprint density at radius 3 is 2.26 bits per heavy atom. The van der Waals surface area contributed by atoms with Crippen LogP contribution in [0.25, 0.3) is 11.0 Å². The number of nitrogens with zero attached hydrogens (tertiary/aromatic N) is 2. The highest BCUT2D eigenvalue weighted by Crippen LogP contribution is 2.38. The van der Waals surface area contributed by atoms with Crippen LogP contribution < -0.4 is 5.69 Å². The molecule has 0 bridgehead atoms. The lowest BCUT2D eigenvalue weighted by molar-refractivity contribution is 0.555. The fourth-order valence-electron chi connectivity index (χ4n) is 2.26. The predicted octanol–water partition coefficient (Wildman–Crippen LogP) is 4.12.